The molecule has 1 unspecified atom stereocenters. The minimum atomic E-state index is 0.0903. The number of carbonyl (C=O) groups is 1. The number of morpholine rings is 1. The highest BCUT2D eigenvalue weighted by Gasteiger charge is 2.26. The summed E-state index contributed by atoms with van der Waals surface area (Å²) in [5.74, 6) is 0. The van der Waals surface area contributed by atoms with Crippen LogP contribution in [0.2, 0.25) is 0 Å². The number of hydrogen-bond donors (Lipinski definition) is 1. The molecule has 2 heterocycles. The molecule has 0 aromatic carbocycles. The van der Waals surface area contributed by atoms with Crippen molar-refractivity contribution in [2.24, 2.45) is 0 Å². The Bertz CT molecular complexity index is 346. The Labute approximate surface area is 140 Å². The molecular formula is C17H33N3O3. The van der Waals surface area contributed by atoms with Gasteiger partial charge in [0.2, 0.25) is 0 Å². The summed E-state index contributed by atoms with van der Waals surface area (Å²) < 4.78 is 11.0. The van der Waals surface area contributed by atoms with E-state index in [1.165, 1.54) is 6.42 Å². The first-order valence-electron chi connectivity index (χ1n) is 9.13. The third kappa shape index (κ3) is 6.65. The summed E-state index contributed by atoms with van der Waals surface area (Å²) >= 11 is 0. The minimum absolute atomic E-state index is 0.0903. The quantitative estimate of drug-likeness (QED) is 0.773. The molecule has 0 aromatic rings. The fraction of sp³-hybridized carbons (Fsp3) is 0.941. The molecule has 0 bridgehead atoms. The highest BCUT2D eigenvalue weighted by atomic mass is 16.5. The number of amides is 2. The molecule has 0 radical (unpaired) electrons. The third-order valence-electron chi connectivity index (χ3n) is 4.60. The van der Waals surface area contributed by atoms with Crippen LogP contribution in [0.1, 0.15) is 39.5 Å². The van der Waals surface area contributed by atoms with Gasteiger partial charge in [0, 0.05) is 45.4 Å². The van der Waals surface area contributed by atoms with E-state index in [4.69, 9.17) is 9.47 Å². The fourth-order valence-corrected chi connectivity index (χ4v) is 3.26. The van der Waals surface area contributed by atoms with Crippen LogP contribution in [0.15, 0.2) is 0 Å². The molecule has 134 valence electrons. The first-order chi connectivity index (χ1) is 11.2. The van der Waals surface area contributed by atoms with Crippen molar-refractivity contribution in [2.45, 2.75) is 51.7 Å². The van der Waals surface area contributed by atoms with Crippen LogP contribution < -0.4 is 5.32 Å². The normalized spacial score (nSPS) is 23.3. The number of rotatable bonds is 7. The van der Waals surface area contributed by atoms with Gasteiger partial charge >= 0.3 is 6.03 Å². The number of likely N-dealkylation sites (tertiary alicyclic amines) is 1. The molecule has 6 nitrogen and oxygen atoms in total. The van der Waals surface area contributed by atoms with Crippen LogP contribution in [0.4, 0.5) is 4.79 Å². The average Bonchev–Trinajstić information content (AvgIpc) is 2.56. The highest BCUT2D eigenvalue weighted by Crippen LogP contribution is 2.20. The number of carbonyl (C=O) groups excluding carboxylic acids is 1. The maximum Gasteiger partial charge on any atom is 0.317 e. The van der Waals surface area contributed by atoms with Crippen LogP contribution >= 0.6 is 0 Å². The van der Waals surface area contributed by atoms with Crippen molar-refractivity contribution >= 4 is 6.03 Å². The molecule has 0 saturated carbocycles. The number of hydrogen-bond acceptors (Lipinski definition) is 4. The molecule has 2 fully saturated rings. The van der Waals surface area contributed by atoms with E-state index in [2.05, 4.69) is 24.1 Å². The maximum absolute atomic E-state index is 12.5. The van der Waals surface area contributed by atoms with E-state index >= 15 is 0 Å². The van der Waals surface area contributed by atoms with Gasteiger partial charge in [0.15, 0.2) is 0 Å². The van der Waals surface area contributed by atoms with Gasteiger partial charge in [-0.25, -0.2) is 4.79 Å². The van der Waals surface area contributed by atoms with Crippen molar-refractivity contribution in [3.63, 3.8) is 0 Å². The summed E-state index contributed by atoms with van der Waals surface area (Å²) in [4.78, 5) is 16.8. The molecule has 2 saturated heterocycles. The number of nitrogens with one attached hydrogen (secondary N) is 1. The van der Waals surface area contributed by atoms with E-state index in [1.54, 1.807) is 0 Å². The summed E-state index contributed by atoms with van der Waals surface area (Å²) in [6.45, 7) is 10.9. The zero-order valence-corrected chi connectivity index (χ0v) is 14.8. The van der Waals surface area contributed by atoms with Gasteiger partial charge in [0.05, 0.1) is 19.3 Å². The van der Waals surface area contributed by atoms with Crippen LogP contribution in [0.3, 0.4) is 0 Å². The summed E-state index contributed by atoms with van der Waals surface area (Å²) in [6, 6.07) is 0.415. The lowest BCUT2D eigenvalue weighted by Crippen LogP contribution is -2.50. The van der Waals surface area contributed by atoms with Crippen molar-refractivity contribution in [3.8, 4) is 0 Å². The van der Waals surface area contributed by atoms with Gasteiger partial charge in [-0.05, 0) is 39.5 Å². The van der Waals surface area contributed by atoms with Gasteiger partial charge in [-0.15, -0.1) is 0 Å². The smallest absolute Gasteiger partial charge is 0.317 e. The standard InChI is InChI=1S/C17H33N3O3/c1-15(2)23-12-6-16-5-3-4-8-20(16)17(21)18-7-9-19-10-13-22-14-11-19/h15-16H,3-14H2,1-2H3,(H,18,21). The predicted octanol–water partition coefficient (Wildman–Crippen LogP) is 1.70. The SMILES string of the molecule is CC(C)OCCC1CCCCN1C(=O)NCCN1CCOCC1. The Morgan fingerprint density at radius 1 is 1.26 bits per heavy atom. The second kappa shape index (κ2) is 10.1. The first kappa shape index (κ1) is 18.5. The second-order valence-corrected chi connectivity index (χ2v) is 6.74. The fourth-order valence-electron chi connectivity index (χ4n) is 3.26. The Kier molecular flexibility index (Phi) is 8.12. The number of nitrogens with zero attached hydrogens (tertiary/aromatic N) is 2. The van der Waals surface area contributed by atoms with Gasteiger partial charge in [-0.2, -0.15) is 0 Å². The van der Waals surface area contributed by atoms with Gasteiger partial charge in [-0.3, -0.25) is 4.90 Å². The van der Waals surface area contributed by atoms with Gasteiger partial charge in [-0.1, -0.05) is 0 Å². The van der Waals surface area contributed by atoms with Crippen molar-refractivity contribution in [3.05, 3.63) is 0 Å². The van der Waals surface area contributed by atoms with Gasteiger partial charge < -0.3 is 19.7 Å². The lowest BCUT2D eigenvalue weighted by molar-refractivity contribution is 0.0381. The monoisotopic (exact) mass is 327 g/mol. The van der Waals surface area contributed by atoms with Crippen LogP contribution in [0.5, 0.6) is 0 Å². The van der Waals surface area contributed by atoms with Crippen LogP contribution in [-0.4, -0.2) is 80.5 Å². The maximum atomic E-state index is 12.5. The zero-order valence-electron chi connectivity index (χ0n) is 14.8. The molecular weight excluding hydrogens is 294 g/mol. The summed E-state index contributed by atoms with van der Waals surface area (Å²) in [6.07, 6.45) is 4.62. The average molecular weight is 327 g/mol. The van der Waals surface area contributed by atoms with Crippen molar-refractivity contribution in [2.75, 3.05) is 52.5 Å². The Balaban J connectivity index is 1.69. The van der Waals surface area contributed by atoms with E-state index < -0.39 is 0 Å². The molecule has 0 aliphatic carbocycles. The molecule has 1 N–H and O–H groups in total. The largest absolute Gasteiger partial charge is 0.379 e. The molecule has 2 aliphatic rings. The van der Waals surface area contributed by atoms with Gasteiger partial charge in [0.25, 0.3) is 0 Å². The van der Waals surface area contributed by atoms with Crippen molar-refractivity contribution in [1.29, 1.82) is 0 Å². The van der Waals surface area contributed by atoms with Crippen LogP contribution in [0, 0.1) is 0 Å². The van der Waals surface area contributed by atoms with Crippen LogP contribution in [-0.2, 0) is 9.47 Å². The van der Waals surface area contributed by atoms with E-state index in [-0.39, 0.29) is 12.1 Å². The number of ether oxygens (including phenoxy) is 2. The predicted molar refractivity (Wildman–Crippen MR) is 90.7 cm³/mol. The molecule has 2 amide bonds. The van der Waals surface area contributed by atoms with Crippen molar-refractivity contribution in [1.82, 2.24) is 15.1 Å². The first-order valence-corrected chi connectivity index (χ1v) is 9.13. The third-order valence-corrected chi connectivity index (χ3v) is 4.60. The van der Waals surface area contributed by atoms with E-state index in [0.29, 0.717) is 12.6 Å². The van der Waals surface area contributed by atoms with E-state index in [0.717, 1.165) is 65.3 Å². The molecule has 2 aliphatic heterocycles. The zero-order chi connectivity index (χ0) is 16.5. The van der Waals surface area contributed by atoms with Crippen LogP contribution in [0.25, 0.3) is 0 Å². The van der Waals surface area contributed by atoms with Crippen molar-refractivity contribution < 1.29 is 14.3 Å². The summed E-state index contributed by atoms with van der Waals surface area (Å²) in [7, 11) is 0. The molecule has 0 spiro atoms. The van der Waals surface area contributed by atoms with Gasteiger partial charge in [0.1, 0.15) is 0 Å². The lowest BCUT2D eigenvalue weighted by Gasteiger charge is -2.36. The Hall–Kier alpha value is -0.850. The second-order valence-electron chi connectivity index (χ2n) is 6.74. The topological polar surface area (TPSA) is 54.0 Å². The Morgan fingerprint density at radius 3 is 2.78 bits per heavy atom. The molecule has 23 heavy (non-hydrogen) atoms. The number of piperidine rings is 1. The minimum Gasteiger partial charge on any atom is -0.379 e. The summed E-state index contributed by atoms with van der Waals surface area (Å²) in [5, 5.41) is 3.09. The molecule has 6 heteroatoms. The van der Waals surface area contributed by atoms with E-state index in [9.17, 15) is 4.79 Å². The van der Waals surface area contributed by atoms with E-state index in [1.807, 2.05) is 4.90 Å². The summed E-state index contributed by atoms with van der Waals surface area (Å²) in [5.41, 5.74) is 0. The molecule has 1 atom stereocenters. The number of urea groups is 1. The molecule has 0 aromatic heterocycles. The lowest BCUT2D eigenvalue weighted by atomic mass is 10.00. The highest BCUT2D eigenvalue weighted by molar-refractivity contribution is 5.74. The Morgan fingerprint density at radius 2 is 2.04 bits per heavy atom. The molecule has 2 rings (SSSR count).